The summed E-state index contributed by atoms with van der Waals surface area (Å²) in [5.41, 5.74) is 0. The van der Waals surface area contributed by atoms with Crippen molar-refractivity contribution in [2.75, 3.05) is 18.4 Å². The highest BCUT2D eigenvalue weighted by Crippen LogP contribution is 2.08. The second kappa shape index (κ2) is 4.18. The molecule has 1 fully saturated rings. The molecule has 2 rings (SSSR count). The van der Waals surface area contributed by atoms with E-state index in [1.165, 1.54) is 12.8 Å². The Bertz CT molecular complexity index is 243. The predicted octanol–water partition coefficient (Wildman–Crippen LogP) is 0.640. The van der Waals surface area contributed by atoms with Crippen molar-refractivity contribution in [3.05, 3.63) is 18.6 Å². The van der Waals surface area contributed by atoms with Gasteiger partial charge < -0.3 is 10.6 Å². The lowest BCUT2D eigenvalue weighted by Crippen LogP contribution is -2.38. The standard InChI is InChI=1S/C9H14N4/c1-2-8(6-10-4-1)13-9-3-5-11-7-12-9/h3,5,7-8,10H,1-2,4,6H2,(H,11,12,13). The molecule has 1 saturated heterocycles. The fourth-order valence-electron chi connectivity index (χ4n) is 1.56. The molecule has 1 aromatic heterocycles. The molecule has 0 spiro atoms. The highest BCUT2D eigenvalue weighted by atomic mass is 15.1. The summed E-state index contributed by atoms with van der Waals surface area (Å²) in [6, 6.07) is 2.41. The molecule has 0 bridgehead atoms. The second-order valence-electron chi connectivity index (χ2n) is 3.28. The first-order valence-corrected chi connectivity index (χ1v) is 4.68. The molecule has 1 aliphatic rings. The second-order valence-corrected chi connectivity index (χ2v) is 3.28. The molecule has 1 unspecified atom stereocenters. The zero-order valence-electron chi connectivity index (χ0n) is 7.53. The zero-order chi connectivity index (χ0) is 8.93. The molecule has 0 aliphatic carbocycles. The van der Waals surface area contributed by atoms with Crippen LogP contribution in [0.25, 0.3) is 0 Å². The summed E-state index contributed by atoms with van der Waals surface area (Å²) >= 11 is 0. The van der Waals surface area contributed by atoms with E-state index in [-0.39, 0.29) is 0 Å². The molecule has 0 saturated carbocycles. The van der Waals surface area contributed by atoms with Gasteiger partial charge in [0.15, 0.2) is 0 Å². The molecule has 4 nitrogen and oxygen atoms in total. The number of nitrogens with zero attached hydrogens (tertiary/aromatic N) is 2. The summed E-state index contributed by atoms with van der Waals surface area (Å²) in [7, 11) is 0. The topological polar surface area (TPSA) is 49.8 Å². The number of aromatic nitrogens is 2. The largest absolute Gasteiger partial charge is 0.366 e. The van der Waals surface area contributed by atoms with Crippen LogP contribution in [0.3, 0.4) is 0 Å². The van der Waals surface area contributed by atoms with E-state index in [2.05, 4.69) is 20.6 Å². The molecule has 0 aromatic carbocycles. The van der Waals surface area contributed by atoms with Gasteiger partial charge >= 0.3 is 0 Å². The summed E-state index contributed by atoms with van der Waals surface area (Å²) in [5, 5.41) is 6.72. The maximum Gasteiger partial charge on any atom is 0.129 e. The molecule has 2 heterocycles. The molecule has 1 aliphatic heterocycles. The number of nitrogens with one attached hydrogen (secondary N) is 2. The average Bonchev–Trinajstić information content (AvgIpc) is 2.21. The van der Waals surface area contributed by atoms with Crippen LogP contribution in [0.5, 0.6) is 0 Å². The van der Waals surface area contributed by atoms with E-state index in [1.807, 2.05) is 6.07 Å². The van der Waals surface area contributed by atoms with Crippen LogP contribution in [0.4, 0.5) is 5.82 Å². The van der Waals surface area contributed by atoms with E-state index in [0.29, 0.717) is 6.04 Å². The van der Waals surface area contributed by atoms with Crippen molar-refractivity contribution in [3.8, 4) is 0 Å². The monoisotopic (exact) mass is 178 g/mol. The Labute approximate surface area is 77.8 Å². The minimum Gasteiger partial charge on any atom is -0.366 e. The average molecular weight is 178 g/mol. The Balaban J connectivity index is 1.90. The van der Waals surface area contributed by atoms with Crippen molar-refractivity contribution in [3.63, 3.8) is 0 Å². The summed E-state index contributed by atoms with van der Waals surface area (Å²) in [6.45, 7) is 2.17. The summed E-state index contributed by atoms with van der Waals surface area (Å²) in [6.07, 6.45) is 5.78. The molecule has 0 amide bonds. The quantitative estimate of drug-likeness (QED) is 0.697. The van der Waals surface area contributed by atoms with Gasteiger partial charge in [-0.2, -0.15) is 0 Å². The lowest BCUT2D eigenvalue weighted by Gasteiger charge is -2.23. The highest BCUT2D eigenvalue weighted by molar-refractivity contribution is 5.33. The van der Waals surface area contributed by atoms with E-state index < -0.39 is 0 Å². The van der Waals surface area contributed by atoms with E-state index in [0.717, 1.165) is 18.9 Å². The Morgan fingerprint density at radius 2 is 2.54 bits per heavy atom. The van der Waals surface area contributed by atoms with Crippen molar-refractivity contribution in [2.45, 2.75) is 18.9 Å². The smallest absolute Gasteiger partial charge is 0.129 e. The number of rotatable bonds is 2. The minimum atomic E-state index is 0.517. The van der Waals surface area contributed by atoms with Crippen LogP contribution in [0.1, 0.15) is 12.8 Å². The molecule has 4 heteroatoms. The molecule has 1 aromatic rings. The van der Waals surface area contributed by atoms with Gasteiger partial charge in [-0.05, 0) is 25.5 Å². The van der Waals surface area contributed by atoms with Crippen molar-refractivity contribution in [1.29, 1.82) is 0 Å². The van der Waals surface area contributed by atoms with Gasteiger partial charge in [0.25, 0.3) is 0 Å². The lowest BCUT2D eigenvalue weighted by atomic mass is 10.1. The summed E-state index contributed by atoms with van der Waals surface area (Å²) in [4.78, 5) is 7.99. The van der Waals surface area contributed by atoms with Crippen LogP contribution in [0.2, 0.25) is 0 Å². The third kappa shape index (κ3) is 2.39. The van der Waals surface area contributed by atoms with Gasteiger partial charge in [0, 0.05) is 18.8 Å². The molecular formula is C9H14N4. The lowest BCUT2D eigenvalue weighted by molar-refractivity contribution is 0.479. The van der Waals surface area contributed by atoms with Crippen molar-refractivity contribution in [1.82, 2.24) is 15.3 Å². The molecule has 2 N–H and O–H groups in total. The SMILES string of the molecule is c1cc(NC2CCCNC2)ncn1. The Morgan fingerprint density at radius 1 is 1.54 bits per heavy atom. The molecule has 70 valence electrons. The third-order valence-electron chi connectivity index (χ3n) is 2.23. The van der Waals surface area contributed by atoms with E-state index in [4.69, 9.17) is 0 Å². The zero-order valence-corrected chi connectivity index (χ0v) is 7.53. The van der Waals surface area contributed by atoms with E-state index in [9.17, 15) is 0 Å². The van der Waals surface area contributed by atoms with Crippen molar-refractivity contribution in [2.24, 2.45) is 0 Å². The van der Waals surface area contributed by atoms with Crippen LogP contribution < -0.4 is 10.6 Å². The summed E-state index contributed by atoms with van der Waals surface area (Å²) in [5.74, 6) is 0.920. The van der Waals surface area contributed by atoms with Crippen LogP contribution >= 0.6 is 0 Å². The molecule has 0 radical (unpaired) electrons. The first kappa shape index (κ1) is 8.44. The van der Waals surface area contributed by atoms with Gasteiger partial charge in [0.2, 0.25) is 0 Å². The minimum absolute atomic E-state index is 0.517. The van der Waals surface area contributed by atoms with Crippen LogP contribution in [-0.2, 0) is 0 Å². The Morgan fingerprint density at radius 3 is 3.23 bits per heavy atom. The Kier molecular flexibility index (Phi) is 2.72. The number of anilines is 1. The predicted molar refractivity (Wildman–Crippen MR) is 51.5 cm³/mol. The number of hydrogen-bond acceptors (Lipinski definition) is 4. The van der Waals surface area contributed by atoms with Crippen LogP contribution in [-0.4, -0.2) is 29.1 Å². The van der Waals surface area contributed by atoms with Gasteiger partial charge in [0.05, 0.1) is 0 Å². The van der Waals surface area contributed by atoms with Crippen molar-refractivity contribution < 1.29 is 0 Å². The third-order valence-corrected chi connectivity index (χ3v) is 2.23. The van der Waals surface area contributed by atoms with Gasteiger partial charge in [-0.15, -0.1) is 0 Å². The van der Waals surface area contributed by atoms with Gasteiger partial charge in [-0.25, -0.2) is 9.97 Å². The van der Waals surface area contributed by atoms with Crippen LogP contribution in [0, 0.1) is 0 Å². The maximum atomic E-state index is 4.12. The number of piperidine rings is 1. The maximum absolute atomic E-state index is 4.12. The summed E-state index contributed by atoms with van der Waals surface area (Å²) < 4.78 is 0. The number of hydrogen-bond donors (Lipinski definition) is 2. The molecular weight excluding hydrogens is 164 g/mol. The highest BCUT2D eigenvalue weighted by Gasteiger charge is 2.12. The van der Waals surface area contributed by atoms with Gasteiger partial charge in [-0.3, -0.25) is 0 Å². The normalized spacial score (nSPS) is 22.6. The molecule has 13 heavy (non-hydrogen) atoms. The van der Waals surface area contributed by atoms with E-state index in [1.54, 1.807) is 12.5 Å². The van der Waals surface area contributed by atoms with Gasteiger partial charge in [-0.1, -0.05) is 0 Å². The van der Waals surface area contributed by atoms with E-state index >= 15 is 0 Å². The fourth-order valence-corrected chi connectivity index (χ4v) is 1.56. The Hall–Kier alpha value is -1.16. The van der Waals surface area contributed by atoms with Crippen LogP contribution in [0.15, 0.2) is 18.6 Å². The fraction of sp³-hybridized carbons (Fsp3) is 0.556. The first-order valence-electron chi connectivity index (χ1n) is 4.68. The van der Waals surface area contributed by atoms with Crippen molar-refractivity contribution >= 4 is 5.82 Å². The first-order chi connectivity index (χ1) is 6.45. The molecule has 1 atom stereocenters. The van der Waals surface area contributed by atoms with Gasteiger partial charge in [0.1, 0.15) is 12.1 Å².